The van der Waals surface area contributed by atoms with Crippen molar-refractivity contribution in [3.05, 3.63) is 29.4 Å². The lowest BCUT2D eigenvalue weighted by atomic mass is 10.2. The zero-order chi connectivity index (χ0) is 12.4. The van der Waals surface area contributed by atoms with E-state index in [9.17, 15) is 4.79 Å². The van der Waals surface area contributed by atoms with Crippen molar-refractivity contribution in [2.75, 3.05) is 0 Å². The standard InChI is InChI=1S/C10H9ClN4O2/c1-6-7(4-15(14-6)5-9(16)17)8-2-3-12-10(11)13-8/h2-4H,5H2,1H3,(H,16,17). The molecule has 0 radical (unpaired) electrons. The summed E-state index contributed by atoms with van der Waals surface area (Å²) >= 11 is 5.69. The molecule has 0 bridgehead atoms. The van der Waals surface area contributed by atoms with Crippen LogP contribution in [0, 0.1) is 6.92 Å². The SMILES string of the molecule is Cc1nn(CC(=O)O)cc1-c1ccnc(Cl)n1. The van der Waals surface area contributed by atoms with Crippen molar-refractivity contribution in [3.63, 3.8) is 0 Å². The average Bonchev–Trinajstić information content (AvgIpc) is 2.58. The molecule has 0 amide bonds. The summed E-state index contributed by atoms with van der Waals surface area (Å²) in [6, 6.07) is 1.70. The van der Waals surface area contributed by atoms with Crippen LogP contribution in [0.3, 0.4) is 0 Å². The van der Waals surface area contributed by atoms with Crippen LogP contribution in [0.25, 0.3) is 11.3 Å². The fourth-order valence-corrected chi connectivity index (χ4v) is 1.62. The molecule has 0 fully saturated rings. The summed E-state index contributed by atoms with van der Waals surface area (Å²) in [4.78, 5) is 18.4. The maximum atomic E-state index is 10.6. The predicted octanol–water partition coefficient (Wildman–Crippen LogP) is 1.39. The Hall–Kier alpha value is -1.95. The highest BCUT2D eigenvalue weighted by atomic mass is 35.5. The molecule has 2 rings (SSSR count). The number of carbonyl (C=O) groups is 1. The lowest BCUT2D eigenvalue weighted by molar-refractivity contribution is -0.137. The van der Waals surface area contributed by atoms with Crippen LogP contribution in [0.15, 0.2) is 18.5 Å². The van der Waals surface area contributed by atoms with Gasteiger partial charge in [0, 0.05) is 18.0 Å². The van der Waals surface area contributed by atoms with Crippen LogP contribution in [0.4, 0.5) is 0 Å². The molecule has 0 aliphatic heterocycles. The molecule has 7 heteroatoms. The van der Waals surface area contributed by atoms with Crippen molar-refractivity contribution in [1.82, 2.24) is 19.7 Å². The summed E-state index contributed by atoms with van der Waals surface area (Å²) in [6.07, 6.45) is 3.17. The van der Waals surface area contributed by atoms with Gasteiger partial charge in [-0.2, -0.15) is 5.10 Å². The summed E-state index contributed by atoms with van der Waals surface area (Å²) in [5, 5.41) is 12.9. The summed E-state index contributed by atoms with van der Waals surface area (Å²) in [7, 11) is 0. The van der Waals surface area contributed by atoms with Gasteiger partial charge in [0.05, 0.1) is 11.4 Å². The molecule has 0 aliphatic rings. The van der Waals surface area contributed by atoms with Crippen LogP contribution >= 0.6 is 11.6 Å². The second-order valence-electron chi connectivity index (χ2n) is 3.43. The van der Waals surface area contributed by atoms with E-state index in [0.717, 1.165) is 5.56 Å². The molecule has 2 heterocycles. The van der Waals surface area contributed by atoms with Crippen molar-refractivity contribution >= 4 is 17.6 Å². The zero-order valence-corrected chi connectivity index (χ0v) is 9.72. The van der Waals surface area contributed by atoms with Gasteiger partial charge in [0.1, 0.15) is 6.54 Å². The number of carboxylic acid groups (broad SMARTS) is 1. The van der Waals surface area contributed by atoms with Gasteiger partial charge < -0.3 is 5.11 Å². The maximum Gasteiger partial charge on any atom is 0.325 e. The Bertz CT molecular complexity index is 567. The Morgan fingerprint density at radius 1 is 1.59 bits per heavy atom. The number of nitrogens with zero attached hydrogens (tertiary/aromatic N) is 4. The van der Waals surface area contributed by atoms with Crippen LogP contribution < -0.4 is 0 Å². The Kier molecular flexibility index (Phi) is 3.06. The summed E-state index contributed by atoms with van der Waals surface area (Å²) in [6.45, 7) is 1.60. The van der Waals surface area contributed by atoms with E-state index in [-0.39, 0.29) is 11.8 Å². The molecule has 0 atom stereocenters. The Balaban J connectivity index is 2.39. The second kappa shape index (κ2) is 4.50. The van der Waals surface area contributed by atoms with Gasteiger partial charge in [-0.1, -0.05) is 0 Å². The van der Waals surface area contributed by atoms with Gasteiger partial charge in [-0.3, -0.25) is 9.48 Å². The quantitative estimate of drug-likeness (QED) is 0.835. The predicted molar refractivity (Wildman–Crippen MR) is 60.6 cm³/mol. The topological polar surface area (TPSA) is 80.9 Å². The molecule has 6 nitrogen and oxygen atoms in total. The molecule has 1 N–H and O–H groups in total. The summed E-state index contributed by atoms with van der Waals surface area (Å²) in [5.74, 6) is -0.945. The van der Waals surface area contributed by atoms with E-state index < -0.39 is 5.97 Å². The molecular weight excluding hydrogens is 244 g/mol. The summed E-state index contributed by atoms with van der Waals surface area (Å²) in [5.41, 5.74) is 2.07. The number of rotatable bonds is 3. The van der Waals surface area contributed by atoms with Crippen LogP contribution in [0.5, 0.6) is 0 Å². The number of halogens is 1. The number of aliphatic carboxylic acids is 1. The normalized spacial score (nSPS) is 10.5. The zero-order valence-electron chi connectivity index (χ0n) is 8.96. The maximum absolute atomic E-state index is 10.6. The van der Waals surface area contributed by atoms with Gasteiger partial charge in [0.2, 0.25) is 5.28 Å². The second-order valence-corrected chi connectivity index (χ2v) is 3.77. The van der Waals surface area contributed by atoms with Crippen molar-refractivity contribution in [1.29, 1.82) is 0 Å². The van der Waals surface area contributed by atoms with Gasteiger partial charge in [0.25, 0.3) is 0 Å². The number of aromatic nitrogens is 4. The smallest absolute Gasteiger partial charge is 0.325 e. The lowest BCUT2D eigenvalue weighted by Crippen LogP contribution is -2.08. The highest BCUT2D eigenvalue weighted by molar-refractivity contribution is 6.28. The van der Waals surface area contributed by atoms with Crippen molar-refractivity contribution < 1.29 is 9.90 Å². The number of carboxylic acids is 1. The first-order valence-corrected chi connectivity index (χ1v) is 5.19. The number of hydrogen-bond donors (Lipinski definition) is 1. The molecule has 0 spiro atoms. The van der Waals surface area contributed by atoms with E-state index in [4.69, 9.17) is 16.7 Å². The van der Waals surface area contributed by atoms with Crippen molar-refractivity contribution in [3.8, 4) is 11.3 Å². The Morgan fingerprint density at radius 3 is 3.00 bits per heavy atom. The molecule has 0 unspecified atom stereocenters. The molecule has 0 aliphatic carbocycles. The van der Waals surface area contributed by atoms with E-state index in [1.807, 2.05) is 0 Å². The molecule has 0 aromatic carbocycles. The fourth-order valence-electron chi connectivity index (χ4n) is 1.47. The minimum Gasteiger partial charge on any atom is -0.480 e. The van der Waals surface area contributed by atoms with Gasteiger partial charge in [-0.05, 0) is 24.6 Å². The van der Waals surface area contributed by atoms with Gasteiger partial charge in [-0.15, -0.1) is 0 Å². The summed E-state index contributed by atoms with van der Waals surface area (Å²) < 4.78 is 1.35. The molecule has 17 heavy (non-hydrogen) atoms. The average molecular weight is 253 g/mol. The van der Waals surface area contributed by atoms with Gasteiger partial charge in [-0.25, -0.2) is 9.97 Å². The van der Waals surface area contributed by atoms with Gasteiger partial charge >= 0.3 is 5.97 Å². The van der Waals surface area contributed by atoms with E-state index in [2.05, 4.69) is 15.1 Å². The molecule has 88 valence electrons. The third-order valence-electron chi connectivity index (χ3n) is 2.15. The van der Waals surface area contributed by atoms with E-state index in [1.54, 1.807) is 25.4 Å². The minimum absolute atomic E-state index is 0.146. The monoisotopic (exact) mass is 252 g/mol. The molecule has 0 saturated carbocycles. The third-order valence-corrected chi connectivity index (χ3v) is 2.33. The first-order chi connectivity index (χ1) is 8.06. The van der Waals surface area contributed by atoms with E-state index in [0.29, 0.717) is 11.4 Å². The largest absolute Gasteiger partial charge is 0.480 e. The van der Waals surface area contributed by atoms with E-state index in [1.165, 1.54) is 4.68 Å². The molecule has 2 aromatic heterocycles. The molecule has 0 saturated heterocycles. The minimum atomic E-state index is -0.945. The number of hydrogen-bond acceptors (Lipinski definition) is 4. The van der Waals surface area contributed by atoms with Gasteiger partial charge in [0.15, 0.2) is 0 Å². The van der Waals surface area contributed by atoms with Crippen LogP contribution in [-0.2, 0) is 11.3 Å². The van der Waals surface area contributed by atoms with Crippen LogP contribution in [0.2, 0.25) is 5.28 Å². The van der Waals surface area contributed by atoms with E-state index >= 15 is 0 Å². The number of aryl methyl sites for hydroxylation is 1. The lowest BCUT2D eigenvalue weighted by Gasteiger charge is -1.97. The van der Waals surface area contributed by atoms with Crippen LogP contribution in [-0.4, -0.2) is 30.8 Å². The first-order valence-electron chi connectivity index (χ1n) is 4.81. The third kappa shape index (κ3) is 2.59. The van der Waals surface area contributed by atoms with Crippen molar-refractivity contribution in [2.24, 2.45) is 0 Å². The van der Waals surface area contributed by atoms with Crippen molar-refractivity contribution in [2.45, 2.75) is 13.5 Å². The highest BCUT2D eigenvalue weighted by Crippen LogP contribution is 2.20. The first kappa shape index (κ1) is 11.5. The fraction of sp³-hybridized carbons (Fsp3) is 0.200. The highest BCUT2D eigenvalue weighted by Gasteiger charge is 2.10. The molecular formula is C10H9ClN4O2. The Morgan fingerprint density at radius 2 is 2.35 bits per heavy atom. The Labute approximate surface area is 102 Å². The molecule has 2 aromatic rings. The van der Waals surface area contributed by atoms with Crippen LogP contribution in [0.1, 0.15) is 5.69 Å².